The molecule has 7 heteroatoms. The largest absolute Gasteiger partial charge is 0.482 e. The molecule has 0 aliphatic rings. The second-order valence-corrected chi connectivity index (χ2v) is 7.16. The van der Waals surface area contributed by atoms with Crippen molar-refractivity contribution in [1.29, 1.82) is 0 Å². The molecule has 0 radical (unpaired) electrons. The zero-order valence-corrected chi connectivity index (χ0v) is 17.0. The van der Waals surface area contributed by atoms with E-state index in [1.54, 1.807) is 37.3 Å². The number of hydrogen-bond acceptors (Lipinski definition) is 4. The van der Waals surface area contributed by atoms with E-state index in [1.807, 2.05) is 32.9 Å². The summed E-state index contributed by atoms with van der Waals surface area (Å²) >= 11 is 0. The summed E-state index contributed by atoms with van der Waals surface area (Å²) in [5.74, 6) is -1.42. The lowest BCUT2D eigenvalue weighted by molar-refractivity contribution is -0.139. The Morgan fingerprint density at radius 3 is 2.31 bits per heavy atom. The Morgan fingerprint density at radius 2 is 1.72 bits per heavy atom. The summed E-state index contributed by atoms with van der Waals surface area (Å²) in [5, 5.41) is 14.3. The lowest BCUT2D eigenvalue weighted by atomic mass is 10.0. The molecule has 3 N–H and O–H groups in total. The molecule has 0 aliphatic carbocycles. The smallest absolute Gasteiger partial charge is 0.341 e. The predicted octanol–water partition coefficient (Wildman–Crippen LogP) is 3.16. The van der Waals surface area contributed by atoms with E-state index in [-0.39, 0.29) is 17.7 Å². The van der Waals surface area contributed by atoms with Gasteiger partial charge in [0.05, 0.1) is 0 Å². The number of ether oxygens (including phenoxy) is 1. The van der Waals surface area contributed by atoms with Gasteiger partial charge in [-0.15, -0.1) is 0 Å². The third kappa shape index (κ3) is 6.07. The average Bonchev–Trinajstić information content (AvgIpc) is 2.66. The van der Waals surface area contributed by atoms with Crippen LogP contribution in [-0.4, -0.2) is 35.5 Å². The van der Waals surface area contributed by atoms with Crippen LogP contribution in [0, 0.1) is 19.8 Å². The summed E-state index contributed by atoms with van der Waals surface area (Å²) in [5.41, 5.74) is 2.64. The SMILES string of the molecule is Cc1cc(OCC(=O)O)ccc1NC(=O)C(NC(=O)c1ccccc1C)C(C)C. The third-order valence-electron chi connectivity index (χ3n) is 4.44. The van der Waals surface area contributed by atoms with Crippen LogP contribution < -0.4 is 15.4 Å². The highest BCUT2D eigenvalue weighted by Gasteiger charge is 2.25. The molecule has 2 aromatic rings. The molecule has 7 nitrogen and oxygen atoms in total. The first-order valence-corrected chi connectivity index (χ1v) is 9.31. The van der Waals surface area contributed by atoms with Gasteiger partial charge in [-0.3, -0.25) is 9.59 Å². The van der Waals surface area contributed by atoms with Gasteiger partial charge in [0.1, 0.15) is 11.8 Å². The first-order valence-electron chi connectivity index (χ1n) is 9.31. The zero-order chi connectivity index (χ0) is 21.6. The molecular formula is C22H26N2O5. The fraction of sp³-hybridized carbons (Fsp3) is 0.318. The van der Waals surface area contributed by atoms with Crippen LogP contribution in [0.15, 0.2) is 42.5 Å². The molecule has 0 fully saturated rings. The van der Waals surface area contributed by atoms with Crippen molar-refractivity contribution >= 4 is 23.5 Å². The molecule has 0 bridgehead atoms. The van der Waals surface area contributed by atoms with Crippen LogP contribution in [-0.2, 0) is 9.59 Å². The number of nitrogens with one attached hydrogen (secondary N) is 2. The summed E-state index contributed by atoms with van der Waals surface area (Å²) in [6.45, 7) is 6.90. The van der Waals surface area contributed by atoms with Crippen molar-refractivity contribution in [2.75, 3.05) is 11.9 Å². The molecule has 154 valence electrons. The molecule has 0 aromatic heterocycles. The van der Waals surface area contributed by atoms with E-state index in [1.165, 1.54) is 0 Å². The van der Waals surface area contributed by atoms with Gasteiger partial charge in [0.2, 0.25) is 5.91 Å². The third-order valence-corrected chi connectivity index (χ3v) is 4.44. The molecule has 1 atom stereocenters. The number of hydrogen-bond donors (Lipinski definition) is 3. The van der Waals surface area contributed by atoms with E-state index in [2.05, 4.69) is 10.6 Å². The maximum absolute atomic E-state index is 12.8. The van der Waals surface area contributed by atoms with Crippen molar-refractivity contribution < 1.29 is 24.2 Å². The fourth-order valence-electron chi connectivity index (χ4n) is 2.80. The highest BCUT2D eigenvalue weighted by atomic mass is 16.5. The molecule has 2 amide bonds. The summed E-state index contributed by atoms with van der Waals surface area (Å²) in [7, 11) is 0. The summed E-state index contributed by atoms with van der Waals surface area (Å²) in [4.78, 5) is 36.0. The fourth-order valence-corrected chi connectivity index (χ4v) is 2.80. The van der Waals surface area contributed by atoms with Crippen LogP contribution in [0.2, 0.25) is 0 Å². The number of carboxylic acid groups (broad SMARTS) is 1. The van der Waals surface area contributed by atoms with Gasteiger partial charge < -0.3 is 20.5 Å². The lowest BCUT2D eigenvalue weighted by Gasteiger charge is -2.23. The average molecular weight is 398 g/mol. The molecule has 2 aromatic carbocycles. The second-order valence-electron chi connectivity index (χ2n) is 7.16. The Bertz CT molecular complexity index is 908. The molecule has 29 heavy (non-hydrogen) atoms. The Hall–Kier alpha value is -3.35. The number of benzene rings is 2. The quantitative estimate of drug-likeness (QED) is 0.634. The van der Waals surface area contributed by atoms with Crippen molar-refractivity contribution in [3.05, 3.63) is 59.2 Å². The highest BCUT2D eigenvalue weighted by molar-refractivity contribution is 6.02. The number of carbonyl (C=O) groups is 3. The van der Waals surface area contributed by atoms with Gasteiger partial charge in [-0.1, -0.05) is 32.0 Å². The molecule has 0 saturated carbocycles. The van der Waals surface area contributed by atoms with E-state index in [0.29, 0.717) is 22.6 Å². The Kier molecular flexibility index (Phi) is 7.36. The minimum Gasteiger partial charge on any atom is -0.482 e. The highest BCUT2D eigenvalue weighted by Crippen LogP contribution is 2.22. The molecule has 1 unspecified atom stereocenters. The number of anilines is 1. The van der Waals surface area contributed by atoms with Crippen molar-refractivity contribution in [2.24, 2.45) is 5.92 Å². The first kappa shape index (κ1) is 21.9. The number of amides is 2. The minimum atomic E-state index is -1.07. The van der Waals surface area contributed by atoms with Gasteiger partial charge in [-0.25, -0.2) is 4.79 Å². The molecule has 2 rings (SSSR count). The van der Waals surface area contributed by atoms with E-state index < -0.39 is 18.6 Å². The number of carbonyl (C=O) groups excluding carboxylic acids is 2. The van der Waals surface area contributed by atoms with E-state index in [4.69, 9.17) is 9.84 Å². The predicted molar refractivity (Wildman–Crippen MR) is 110 cm³/mol. The normalized spacial score (nSPS) is 11.6. The van der Waals surface area contributed by atoms with Crippen LogP contribution in [0.3, 0.4) is 0 Å². The maximum atomic E-state index is 12.8. The Balaban J connectivity index is 2.10. The van der Waals surface area contributed by atoms with Crippen molar-refractivity contribution in [3.63, 3.8) is 0 Å². The monoisotopic (exact) mass is 398 g/mol. The van der Waals surface area contributed by atoms with Gasteiger partial charge in [-0.2, -0.15) is 0 Å². The molecule has 0 spiro atoms. The van der Waals surface area contributed by atoms with Gasteiger partial charge in [0.25, 0.3) is 5.91 Å². The minimum absolute atomic E-state index is 0.124. The standard InChI is InChI=1S/C22H26N2O5/c1-13(2)20(24-21(27)17-8-6-5-7-14(17)3)22(28)23-18-10-9-16(11-15(18)4)29-12-19(25)26/h5-11,13,20H,12H2,1-4H3,(H,23,28)(H,24,27)(H,25,26). The van der Waals surface area contributed by atoms with Crippen LogP contribution in [0.5, 0.6) is 5.75 Å². The summed E-state index contributed by atoms with van der Waals surface area (Å²) in [6.07, 6.45) is 0. The number of aliphatic carboxylic acids is 1. The van der Waals surface area contributed by atoms with Crippen molar-refractivity contribution in [1.82, 2.24) is 5.32 Å². The number of rotatable bonds is 8. The molecule has 0 saturated heterocycles. The van der Waals surface area contributed by atoms with Crippen LogP contribution in [0.4, 0.5) is 5.69 Å². The van der Waals surface area contributed by atoms with Crippen molar-refractivity contribution in [2.45, 2.75) is 33.7 Å². The zero-order valence-electron chi connectivity index (χ0n) is 17.0. The van der Waals surface area contributed by atoms with Crippen LogP contribution in [0.25, 0.3) is 0 Å². The molecular weight excluding hydrogens is 372 g/mol. The van der Waals surface area contributed by atoms with E-state index in [0.717, 1.165) is 5.56 Å². The lowest BCUT2D eigenvalue weighted by Crippen LogP contribution is -2.47. The number of aryl methyl sites for hydroxylation is 2. The van der Waals surface area contributed by atoms with Crippen molar-refractivity contribution in [3.8, 4) is 5.75 Å². The van der Waals surface area contributed by atoms with Crippen LogP contribution >= 0.6 is 0 Å². The molecule has 0 heterocycles. The van der Waals surface area contributed by atoms with E-state index >= 15 is 0 Å². The topological polar surface area (TPSA) is 105 Å². The summed E-state index contributed by atoms with van der Waals surface area (Å²) in [6, 6.07) is 11.4. The van der Waals surface area contributed by atoms with Gasteiger partial charge in [0.15, 0.2) is 6.61 Å². The Labute approximate surface area is 170 Å². The molecule has 0 aliphatic heterocycles. The second kappa shape index (κ2) is 9.73. The van der Waals surface area contributed by atoms with Gasteiger partial charge >= 0.3 is 5.97 Å². The number of carboxylic acids is 1. The first-order chi connectivity index (χ1) is 13.7. The maximum Gasteiger partial charge on any atom is 0.341 e. The summed E-state index contributed by atoms with van der Waals surface area (Å²) < 4.78 is 5.14. The van der Waals surface area contributed by atoms with Gasteiger partial charge in [0, 0.05) is 11.3 Å². The van der Waals surface area contributed by atoms with Crippen LogP contribution in [0.1, 0.15) is 35.3 Å². The van der Waals surface area contributed by atoms with E-state index in [9.17, 15) is 14.4 Å². The van der Waals surface area contributed by atoms with Gasteiger partial charge in [-0.05, 0) is 55.2 Å². The Morgan fingerprint density at radius 1 is 1.03 bits per heavy atom.